The van der Waals surface area contributed by atoms with Gasteiger partial charge in [0.05, 0.1) is 23.5 Å². The van der Waals surface area contributed by atoms with Crippen molar-refractivity contribution >= 4 is 17.7 Å². The Hall–Kier alpha value is -2.32. The van der Waals surface area contributed by atoms with Crippen molar-refractivity contribution in [1.29, 1.82) is 0 Å². The summed E-state index contributed by atoms with van der Waals surface area (Å²) in [6, 6.07) is 2.88. The van der Waals surface area contributed by atoms with Gasteiger partial charge in [0.2, 0.25) is 11.8 Å². The maximum Gasteiger partial charge on any atom is 0.256 e. The van der Waals surface area contributed by atoms with Crippen LogP contribution in [0.25, 0.3) is 0 Å². The fourth-order valence-corrected chi connectivity index (χ4v) is 6.02. The largest absolute Gasteiger partial charge is 0.383 e. The summed E-state index contributed by atoms with van der Waals surface area (Å²) in [5, 5.41) is 14.4. The summed E-state index contributed by atoms with van der Waals surface area (Å²) < 4.78 is 0. The summed E-state index contributed by atoms with van der Waals surface area (Å²) in [5.41, 5.74) is 0.286. The van der Waals surface area contributed by atoms with Crippen LogP contribution in [0, 0.1) is 11.3 Å². The van der Waals surface area contributed by atoms with Crippen molar-refractivity contribution < 1.29 is 19.5 Å². The van der Waals surface area contributed by atoms with Gasteiger partial charge in [0.1, 0.15) is 11.6 Å². The van der Waals surface area contributed by atoms with Gasteiger partial charge >= 0.3 is 0 Å². The molecule has 0 radical (unpaired) electrons. The van der Waals surface area contributed by atoms with E-state index in [4.69, 9.17) is 4.98 Å². The van der Waals surface area contributed by atoms with E-state index in [-0.39, 0.29) is 30.2 Å². The highest BCUT2D eigenvalue weighted by Gasteiger charge is 2.54. The van der Waals surface area contributed by atoms with Crippen LogP contribution < -0.4 is 5.32 Å². The Labute approximate surface area is 195 Å². The van der Waals surface area contributed by atoms with Crippen LogP contribution in [0.1, 0.15) is 81.5 Å². The lowest BCUT2D eigenvalue weighted by atomic mass is 9.62. The Kier molecular flexibility index (Phi) is 6.35. The molecule has 8 heteroatoms. The number of fused-ring (bicyclic) bond motifs is 1. The zero-order chi connectivity index (χ0) is 24.0. The predicted octanol–water partition coefficient (Wildman–Crippen LogP) is 2.20. The second-order valence-corrected chi connectivity index (χ2v) is 10.3. The van der Waals surface area contributed by atoms with E-state index in [0.717, 1.165) is 32.5 Å². The number of hydrogen-bond donors (Lipinski definition) is 2. The van der Waals surface area contributed by atoms with Gasteiger partial charge in [0.15, 0.2) is 0 Å². The molecule has 4 heterocycles. The van der Waals surface area contributed by atoms with E-state index >= 15 is 0 Å². The highest BCUT2D eigenvalue weighted by Crippen LogP contribution is 2.50. The Morgan fingerprint density at radius 3 is 2.58 bits per heavy atom. The van der Waals surface area contributed by atoms with Crippen LogP contribution in [-0.4, -0.2) is 63.3 Å². The van der Waals surface area contributed by atoms with Gasteiger partial charge in [0.25, 0.3) is 5.91 Å². The number of likely N-dealkylation sites (tertiary alicyclic amines) is 1. The number of amides is 3. The minimum Gasteiger partial charge on any atom is -0.383 e. The molecule has 4 rings (SSSR count). The molecule has 3 aliphatic rings. The monoisotopic (exact) mass is 456 g/mol. The van der Waals surface area contributed by atoms with Crippen LogP contribution >= 0.6 is 0 Å². The minimum atomic E-state index is -1.08. The molecule has 180 valence electrons. The van der Waals surface area contributed by atoms with Crippen molar-refractivity contribution in [3.8, 4) is 0 Å². The summed E-state index contributed by atoms with van der Waals surface area (Å²) in [6.45, 7) is 11.5. The average molecular weight is 457 g/mol. The minimum absolute atomic E-state index is 0.217. The molecule has 2 saturated heterocycles. The summed E-state index contributed by atoms with van der Waals surface area (Å²) in [6.07, 6.45) is 2.79. The summed E-state index contributed by atoms with van der Waals surface area (Å²) >= 11 is 0. The molecule has 0 spiro atoms. The number of nitrogens with zero attached hydrogens (tertiary/aromatic N) is 3. The van der Waals surface area contributed by atoms with E-state index in [0.29, 0.717) is 35.7 Å². The molecule has 33 heavy (non-hydrogen) atoms. The fourth-order valence-electron chi connectivity index (χ4n) is 6.02. The number of rotatable bonds is 6. The number of imide groups is 1. The van der Waals surface area contributed by atoms with Gasteiger partial charge < -0.3 is 14.9 Å². The number of pyridine rings is 1. The fraction of sp³-hybridized carbons (Fsp3) is 0.680. The Morgan fingerprint density at radius 2 is 1.94 bits per heavy atom. The van der Waals surface area contributed by atoms with E-state index in [1.54, 1.807) is 12.1 Å². The molecular weight excluding hydrogens is 420 g/mol. The van der Waals surface area contributed by atoms with Crippen LogP contribution in [0.2, 0.25) is 0 Å². The van der Waals surface area contributed by atoms with Crippen LogP contribution in [0.5, 0.6) is 0 Å². The maximum atomic E-state index is 13.0. The van der Waals surface area contributed by atoms with Gasteiger partial charge in [-0.3, -0.25) is 24.7 Å². The van der Waals surface area contributed by atoms with Crippen molar-refractivity contribution in [2.24, 2.45) is 11.3 Å². The molecule has 2 N–H and O–H groups in total. The highest BCUT2D eigenvalue weighted by molar-refractivity contribution is 6.05. The van der Waals surface area contributed by atoms with E-state index < -0.39 is 17.6 Å². The molecule has 8 nitrogen and oxygen atoms in total. The first kappa shape index (κ1) is 23.8. The third-order valence-corrected chi connectivity index (χ3v) is 7.97. The summed E-state index contributed by atoms with van der Waals surface area (Å²) in [7, 11) is 0. The van der Waals surface area contributed by atoms with E-state index in [1.807, 2.05) is 0 Å². The zero-order valence-electron chi connectivity index (χ0n) is 20.2. The van der Waals surface area contributed by atoms with Gasteiger partial charge in [-0.2, -0.15) is 0 Å². The molecule has 0 aliphatic carbocycles. The molecule has 2 fully saturated rings. The Bertz CT molecular complexity index is 958. The van der Waals surface area contributed by atoms with Crippen LogP contribution in [-0.2, 0) is 21.7 Å². The van der Waals surface area contributed by atoms with Crippen molar-refractivity contribution in [1.82, 2.24) is 20.1 Å². The molecule has 2 unspecified atom stereocenters. The Morgan fingerprint density at radius 1 is 1.21 bits per heavy atom. The van der Waals surface area contributed by atoms with Gasteiger partial charge in [-0.1, -0.05) is 27.7 Å². The molecule has 0 bridgehead atoms. The number of carbonyl (C=O) groups is 3. The van der Waals surface area contributed by atoms with Gasteiger partial charge in [-0.25, -0.2) is 0 Å². The number of hydrogen-bond acceptors (Lipinski definition) is 6. The second-order valence-electron chi connectivity index (χ2n) is 10.3. The maximum absolute atomic E-state index is 13.0. The third kappa shape index (κ3) is 3.97. The van der Waals surface area contributed by atoms with E-state index in [1.165, 1.54) is 4.90 Å². The van der Waals surface area contributed by atoms with Gasteiger partial charge in [-0.05, 0) is 43.7 Å². The summed E-state index contributed by atoms with van der Waals surface area (Å²) in [5.74, 6) is -0.415. The molecule has 1 aromatic rings. The molecule has 1 aromatic heterocycles. The number of piperidine rings is 2. The first-order valence-corrected chi connectivity index (χ1v) is 12.2. The lowest BCUT2D eigenvalue weighted by Crippen LogP contribution is -2.58. The normalized spacial score (nSPS) is 27.8. The number of aliphatic hydroxyl groups is 1. The quantitative estimate of drug-likeness (QED) is 0.636. The number of aromatic nitrogens is 1. The third-order valence-electron chi connectivity index (χ3n) is 7.97. The highest BCUT2D eigenvalue weighted by atomic mass is 16.3. The lowest BCUT2D eigenvalue weighted by molar-refractivity contribution is -0.150. The second kappa shape index (κ2) is 8.80. The lowest BCUT2D eigenvalue weighted by Gasteiger charge is -2.53. The topological polar surface area (TPSA) is 103 Å². The average Bonchev–Trinajstić information content (AvgIpc) is 3.10. The smallest absolute Gasteiger partial charge is 0.256 e. The van der Waals surface area contributed by atoms with Crippen molar-refractivity contribution in [3.05, 3.63) is 29.1 Å². The van der Waals surface area contributed by atoms with Gasteiger partial charge in [-0.15, -0.1) is 0 Å². The number of carbonyl (C=O) groups excluding carboxylic acids is 3. The SMILES string of the molecule is CCC1(CC)CN(CC(C)C)CCC1(O)c1ccc2c(n1)CN(C1CCC(=O)NC1=O)C2=O. The van der Waals surface area contributed by atoms with Gasteiger partial charge in [0, 0.05) is 31.5 Å². The van der Waals surface area contributed by atoms with E-state index in [9.17, 15) is 19.5 Å². The Balaban J connectivity index is 1.62. The van der Waals surface area contributed by atoms with Crippen molar-refractivity contribution in [2.45, 2.75) is 78.0 Å². The van der Waals surface area contributed by atoms with Crippen LogP contribution in [0.4, 0.5) is 0 Å². The van der Waals surface area contributed by atoms with Crippen LogP contribution in [0.3, 0.4) is 0 Å². The number of nitrogens with one attached hydrogen (secondary N) is 1. The zero-order valence-corrected chi connectivity index (χ0v) is 20.2. The molecular formula is C25H36N4O4. The first-order valence-electron chi connectivity index (χ1n) is 12.2. The first-order chi connectivity index (χ1) is 15.6. The molecule has 0 aromatic carbocycles. The van der Waals surface area contributed by atoms with Crippen LogP contribution in [0.15, 0.2) is 12.1 Å². The van der Waals surface area contributed by atoms with E-state index in [2.05, 4.69) is 37.9 Å². The molecule has 3 aliphatic heterocycles. The summed E-state index contributed by atoms with van der Waals surface area (Å²) in [4.78, 5) is 45.7. The molecule has 2 atom stereocenters. The van der Waals surface area contributed by atoms with Crippen molar-refractivity contribution in [2.75, 3.05) is 19.6 Å². The predicted molar refractivity (Wildman–Crippen MR) is 123 cm³/mol. The van der Waals surface area contributed by atoms with Crippen molar-refractivity contribution in [3.63, 3.8) is 0 Å². The standard InChI is InChI=1S/C25H36N4O4/c1-5-24(6-2)15-28(13-16(3)4)12-11-25(24,33)20-9-7-17-18(26-20)14-29(23(17)32)19-8-10-21(30)27-22(19)31/h7,9,16,19,33H,5-6,8,10-15H2,1-4H3,(H,27,30,31). The molecule has 0 saturated carbocycles. The molecule has 3 amide bonds.